The molecule has 0 spiro atoms. The lowest BCUT2D eigenvalue weighted by molar-refractivity contribution is -0.134. The molecule has 50 heavy (non-hydrogen) atoms. The van der Waals surface area contributed by atoms with Crippen molar-refractivity contribution in [2.45, 2.75) is 22.8 Å². The highest BCUT2D eigenvalue weighted by atomic mass is 35.5. The maximum atomic E-state index is 11.4. The second kappa shape index (κ2) is 22.5. The van der Waals surface area contributed by atoms with Gasteiger partial charge in [0, 0.05) is 78.4 Å². The molecule has 0 bridgehead atoms. The van der Waals surface area contributed by atoms with Crippen LogP contribution < -0.4 is 4.74 Å². The number of aromatic carboxylic acids is 1. The van der Waals surface area contributed by atoms with Gasteiger partial charge in [0.2, 0.25) is 0 Å². The lowest BCUT2D eigenvalue weighted by Gasteiger charge is -2.34. The zero-order chi connectivity index (χ0) is 36.9. The fraction of sp³-hybridized carbons (Fsp3) is 0.229. The molecule has 0 saturated carbocycles. The number of carboxylic acid groups (broad SMARTS) is 5. The Morgan fingerprint density at radius 2 is 1.18 bits per heavy atom. The molecule has 0 radical (unpaired) electrons. The monoisotopic (exact) mass is 728 g/mol. The summed E-state index contributed by atoms with van der Waals surface area (Å²) in [5.41, 5.74) is 1.63. The van der Waals surface area contributed by atoms with Crippen molar-refractivity contribution in [2.75, 3.05) is 39.3 Å². The number of benzene rings is 3. The van der Waals surface area contributed by atoms with Crippen LogP contribution in [0.5, 0.6) is 5.75 Å². The van der Waals surface area contributed by atoms with E-state index in [0.29, 0.717) is 36.5 Å². The lowest BCUT2D eigenvalue weighted by atomic mass is 10.2. The maximum absolute atomic E-state index is 11.4. The molecule has 5 N–H and O–H groups in total. The number of carboxylic acids is 5. The van der Waals surface area contributed by atoms with Crippen LogP contribution in [0.15, 0.2) is 107 Å². The Morgan fingerprint density at radius 1 is 0.680 bits per heavy atom. The van der Waals surface area contributed by atoms with E-state index in [2.05, 4.69) is 21.9 Å². The standard InChI is InChI=1S/C27H29ClN2O3S.2C4H4O4/c28-22-8-6-21(7-9-22)20-30-17-15-29(16-18-30)14-3-19-33-23-10-12-24(13-11-23)34-26-5-2-1-4-25(26)27(31)32;2*5-3(6)1-2-4(7)8/h1-2,4-13H,3,14-20H2,(H,31,32);2*1-2H,(H,5,6)(H,7,8)/b;2*2-1-. The van der Waals surface area contributed by atoms with E-state index in [-0.39, 0.29) is 0 Å². The molecule has 15 heteroatoms. The van der Waals surface area contributed by atoms with Crippen LogP contribution in [0.1, 0.15) is 22.3 Å². The highest BCUT2D eigenvalue weighted by molar-refractivity contribution is 7.99. The Hall–Kier alpha value is -5.15. The van der Waals surface area contributed by atoms with Crippen LogP contribution in [-0.4, -0.2) is 105 Å². The second-order valence-electron chi connectivity index (χ2n) is 10.3. The van der Waals surface area contributed by atoms with Crippen molar-refractivity contribution >= 4 is 53.2 Å². The molecule has 0 unspecified atom stereocenters. The van der Waals surface area contributed by atoms with Gasteiger partial charge in [-0.3, -0.25) is 4.90 Å². The van der Waals surface area contributed by atoms with Crippen LogP contribution in [-0.2, 0) is 25.7 Å². The summed E-state index contributed by atoms with van der Waals surface area (Å²) in [7, 11) is 0. The SMILES string of the molecule is O=C(O)/C=C\C(=O)O.O=C(O)/C=C\C(=O)O.O=C(O)c1ccccc1Sc1ccc(OCCCN2CCN(Cc3ccc(Cl)cc3)CC2)cc1. The molecule has 4 rings (SSSR count). The molecule has 266 valence electrons. The molecule has 0 atom stereocenters. The number of hydrogen-bond donors (Lipinski definition) is 5. The minimum atomic E-state index is -1.26. The van der Waals surface area contributed by atoms with Gasteiger partial charge < -0.3 is 35.2 Å². The number of halogens is 1. The van der Waals surface area contributed by atoms with Gasteiger partial charge in [0.05, 0.1) is 12.2 Å². The molecule has 0 aromatic heterocycles. The van der Waals surface area contributed by atoms with Gasteiger partial charge in [0.1, 0.15) is 5.75 Å². The van der Waals surface area contributed by atoms with Crippen molar-refractivity contribution in [1.82, 2.24) is 9.80 Å². The third-order valence-electron chi connectivity index (χ3n) is 6.58. The van der Waals surface area contributed by atoms with E-state index in [1.54, 1.807) is 12.1 Å². The van der Waals surface area contributed by atoms with E-state index in [9.17, 15) is 29.1 Å². The first kappa shape index (κ1) is 41.0. The Kier molecular flexibility index (Phi) is 18.4. The molecule has 1 saturated heterocycles. The summed E-state index contributed by atoms with van der Waals surface area (Å²) in [6.07, 6.45) is 3.22. The van der Waals surface area contributed by atoms with Crippen molar-refractivity contribution in [3.8, 4) is 5.75 Å². The largest absolute Gasteiger partial charge is 0.494 e. The van der Waals surface area contributed by atoms with Gasteiger partial charge in [-0.25, -0.2) is 24.0 Å². The van der Waals surface area contributed by atoms with Crippen LogP contribution in [0, 0.1) is 0 Å². The number of nitrogens with zero attached hydrogens (tertiary/aromatic N) is 2. The van der Waals surface area contributed by atoms with Crippen LogP contribution in [0.3, 0.4) is 0 Å². The van der Waals surface area contributed by atoms with Gasteiger partial charge >= 0.3 is 29.8 Å². The Bertz CT molecular complexity index is 1560. The summed E-state index contributed by atoms with van der Waals surface area (Å²) in [6.45, 7) is 7.01. The number of aliphatic carboxylic acids is 4. The number of hydrogen-bond acceptors (Lipinski definition) is 9. The van der Waals surface area contributed by atoms with E-state index in [0.717, 1.165) is 66.3 Å². The quantitative estimate of drug-likeness (QED) is 0.107. The predicted octanol–water partition coefficient (Wildman–Crippen LogP) is 5.20. The van der Waals surface area contributed by atoms with Gasteiger partial charge in [0.15, 0.2) is 0 Å². The van der Waals surface area contributed by atoms with Gasteiger partial charge in [0.25, 0.3) is 0 Å². The topological polar surface area (TPSA) is 202 Å². The van der Waals surface area contributed by atoms with Crippen LogP contribution in [0.2, 0.25) is 5.02 Å². The Balaban J connectivity index is 0.000000450. The highest BCUT2D eigenvalue weighted by Crippen LogP contribution is 2.31. The smallest absolute Gasteiger partial charge is 0.336 e. The van der Waals surface area contributed by atoms with Crippen molar-refractivity contribution in [3.63, 3.8) is 0 Å². The summed E-state index contributed by atoms with van der Waals surface area (Å²) >= 11 is 7.42. The lowest BCUT2D eigenvalue weighted by Crippen LogP contribution is -2.46. The van der Waals surface area contributed by atoms with Crippen LogP contribution in [0.25, 0.3) is 0 Å². The number of piperazine rings is 1. The number of carbonyl (C=O) groups is 5. The van der Waals surface area contributed by atoms with Gasteiger partial charge in [-0.1, -0.05) is 47.6 Å². The molecule has 0 amide bonds. The highest BCUT2D eigenvalue weighted by Gasteiger charge is 2.16. The third-order valence-corrected chi connectivity index (χ3v) is 7.91. The first-order valence-electron chi connectivity index (χ1n) is 15.0. The molecule has 3 aromatic rings. The average molecular weight is 729 g/mol. The van der Waals surface area contributed by atoms with Gasteiger partial charge in [-0.15, -0.1) is 0 Å². The fourth-order valence-corrected chi connectivity index (χ4v) is 5.31. The van der Waals surface area contributed by atoms with E-state index in [4.69, 9.17) is 36.8 Å². The summed E-state index contributed by atoms with van der Waals surface area (Å²) in [5.74, 6) is -5.10. The van der Waals surface area contributed by atoms with Crippen LogP contribution >= 0.6 is 23.4 Å². The van der Waals surface area contributed by atoms with Gasteiger partial charge in [-0.2, -0.15) is 0 Å². The molecular formula is C35H37ClN2O11S. The van der Waals surface area contributed by atoms with E-state index in [1.807, 2.05) is 48.5 Å². The molecule has 13 nitrogen and oxygen atoms in total. The van der Waals surface area contributed by atoms with Crippen molar-refractivity contribution < 1.29 is 54.2 Å². The average Bonchev–Trinajstić information content (AvgIpc) is 3.08. The Labute approximate surface area is 297 Å². The molecule has 1 aliphatic heterocycles. The zero-order valence-corrected chi connectivity index (χ0v) is 28.3. The third kappa shape index (κ3) is 17.8. The van der Waals surface area contributed by atoms with Crippen molar-refractivity contribution in [3.05, 3.63) is 113 Å². The molecule has 1 fully saturated rings. The normalized spacial score (nSPS) is 13.1. The first-order valence-corrected chi connectivity index (χ1v) is 16.2. The Morgan fingerprint density at radius 3 is 1.68 bits per heavy atom. The molecule has 3 aromatic carbocycles. The zero-order valence-electron chi connectivity index (χ0n) is 26.8. The number of ether oxygens (including phenoxy) is 1. The van der Waals surface area contributed by atoms with E-state index < -0.39 is 29.8 Å². The predicted molar refractivity (Wildman–Crippen MR) is 186 cm³/mol. The molecule has 1 aliphatic rings. The number of rotatable bonds is 14. The van der Waals surface area contributed by atoms with Crippen molar-refractivity contribution in [1.29, 1.82) is 0 Å². The summed E-state index contributed by atoms with van der Waals surface area (Å²) in [4.78, 5) is 56.3. The minimum Gasteiger partial charge on any atom is -0.494 e. The maximum Gasteiger partial charge on any atom is 0.336 e. The summed E-state index contributed by atoms with van der Waals surface area (Å²) < 4.78 is 5.92. The first-order chi connectivity index (χ1) is 23.8. The summed E-state index contributed by atoms with van der Waals surface area (Å²) in [5, 5.41) is 41.4. The minimum absolute atomic E-state index is 0.318. The van der Waals surface area contributed by atoms with E-state index >= 15 is 0 Å². The molecule has 1 heterocycles. The van der Waals surface area contributed by atoms with Crippen LogP contribution in [0.4, 0.5) is 0 Å². The molecular weight excluding hydrogens is 692 g/mol. The van der Waals surface area contributed by atoms with Gasteiger partial charge in [-0.05, 0) is 60.5 Å². The van der Waals surface area contributed by atoms with Crippen molar-refractivity contribution in [2.24, 2.45) is 0 Å². The molecule has 0 aliphatic carbocycles. The fourth-order valence-electron chi connectivity index (χ4n) is 4.25. The summed E-state index contributed by atoms with van der Waals surface area (Å²) in [6, 6.07) is 23.0. The van der Waals surface area contributed by atoms with E-state index in [1.165, 1.54) is 17.3 Å². The second-order valence-corrected chi connectivity index (χ2v) is 11.9.